The molecular weight excluding hydrogens is 387 g/mol. The van der Waals surface area contributed by atoms with E-state index >= 15 is 0 Å². The molecule has 1 N–H and O–H groups in total. The molecule has 0 saturated heterocycles. The summed E-state index contributed by atoms with van der Waals surface area (Å²) in [6.07, 6.45) is 15.2. The molecule has 0 aliphatic rings. The SMILES string of the molecule is CCCCC(CC)CO.[CH2-]C(CC)CCCC.[CH2-]C(CC)CCCC.[O]=[V]=[O]. The molecule has 0 aliphatic carbocycles. The van der Waals surface area contributed by atoms with Crippen LogP contribution in [-0.4, -0.2) is 11.7 Å². The zero-order chi connectivity index (χ0) is 22.6. The predicted molar refractivity (Wildman–Crippen MR) is 119 cm³/mol. The molecule has 3 unspecified atom stereocenters. The molecule has 3 atom stereocenters. The molecule has 0 saturated carbocycles. The van der Waals surface area contributed by atoms with Crippen LogP contribution in [0.3, 0.4) is 0 Å². The van der Waals surface area contributed by atoms with Gasteiger partial charge in [-0.1, -0.05) is 112 Å². The Balaban J connectivity index is -0.000000144. The van der Waals surface area contributed by atoms with Gasteiger partial charge in [0.1, 0.15) is 0 Å². The van der Waals surface area contributed by atoms with Crippen molar-refractivity contribution in [3.8, 4) is 0 Å². The van der Waals surface area contributed by atoms with Crippen molar-refractivity contribution in [3.05, 3.63) is 13.8 Å². The molecule has 0 rings (SSSR count). The summed E-state index contributed by atoms with van der Waals surface area (Å²) >= 11 is -1.81. The van der Waals surface area contributed by atoms with E-state index in [1.165, 1.54) is 70.6 Å². The predicted octanol–water partition coefficient (Wildman–Crippen LogP) is 8.03. The topological polar surface area (TPSA) is 54.4 Å². The van der Waals surface area contributed by atoms with Crippen LogP contribution in [0.5, 0.6) is 0 Å². The second-order valence-corrected chi connectivity index (χ2v) is 7.74. The van der Waals surface area contributed by atoms with Gasteiger partial charge < -0.3 is 19.0 Å². The van der Waals surface area contributed by atoms with Gasteiger partial charge in [0, 0.05) is 6.61 Å². The molecule has 0 amide bonds. The summed E-state index contributed by atoms with van der Waals surface area (Å²) in [6, 6.07) is 0. The minimum atomic E-state index is -1.81. The maximum atomic E-state index is 8.75. The van der Waals surface area contributed by atoms with E-state index in [4.69, 9.17) is 12.5 Å². The molecule has 0 spiro atoms. The van der Waals surface area contributed by atoms with Gasteiger partial charge in [0.05, 0.1) is 0 Å². The van der Waals surface area contributed by atoms with E-state index in [0.717, 1.165) is 6.42 Å². The van der Waals surface area contributed by atoms with Crippen LogP contribution in [0.4, 0.5) is 0 Å². The van der Waals surface area contributed by atoms with Crippen LogP contribution >= 0.6 is 0 Å². The molecule has 28 heavy (non-hydrogen) atoms. The Morgan fingerprint density at radius 1 is 0.679 bits per heavy atom. The molecular formula is C24H52O3V-2. The molecule has 0 aromatic heterocycles. The Morgan fingerprint density at radius 2 is 1.00 bits per heavy atom. The van der Waals surface area contributed by atoms with Crippen molar-refractivity contribution in [1.82, 2.24) is 0 Å². The van der Waals surface area contributed by atoms with Gasteiger partial charge >= 0.3 is 23.5 Å². The number of hydrogen-bond acceptors (Lipinski definition) is 3. The van der Waals surface area contributed by atoms with Crippen LogP contribution in [0.2, 0.25) is 0 Å². The van der Waals surface area contributed by atoms with Gasteiger partial charge in [0.2, 0.25) is 0 Å². The Bertz CT molecular complexity index is 261. The Morgan fingerprint density at radius 3 is 1.21 bits per heavy atom. The van der Waals surface area contributed by atoms with Crippen molar-refractivity contribution in [3.63, 3.8) is 0 Å². The van der Waals surface area contributed by atoms with Crippen molar-refractivity contribution >= 4 is 0 Å². The number of hydrogen-bond donors (Lipinski definition) is 1. The van der Waals surface area contributed by atoms with Crippen LogP contribution in [0.1, 0.15) is 119 Å². The second-order valence-electron chi connectivity index (χ2n) is 7.51. The molecule has 4 heteroatoms. The third-order valence-corrected chi connectivity index (χ3v) is 4.89. The molecule has 0 aliphatic heterocycles. The quantitative estimate of drug-likeness (QED) is 0.295. The molecule has 173 valence electrons. The standard InChI is InChI=1S/C8H18O.2C8H17.2O.V/c1-3-5-6-8(4-2)7-9;2*1-4-6-7-8(3)5-2;;;/h8-9H,3-7H2,1-2H3;2*8H,3-7H2,1-2H3;;;/q;2*-1;;;. The van der Waals surface area contributed by atoms with E-state index in [1.54, 1.807) is 0 Å². The van der Waals surface area contributed by atoms with Crippen molar-refractivity contribution in [2.24, 2.45) is 17.8 Å². The third-order valence-electron chi connectivity index (χ3n) is 4.89. The first-order chi connectivity index (χ1) is 13.4. The van der Waals surface area contributed by atoms with Gasteiger partial charge in [0.25, 0.3) is 0 Å². The third kappa shape index (κ3) is 40.7. The van der Waals surface area contributed by atoms with Crippen LogP contribution in [0, 0.1) is 31.6 Å². The molecule has 3 nitrogen and oxygen atoms in total. The molecule has 0 radical (unpaired) electrons. The van der Waals surface area contributed by atoms with Crippen molar-refractivity contribution in [2.45, 2.75) is 119 Å². The summed E-state index contributed by atoms with van der Waals surface area (Å²) in [5.74, 6) is 1.97. The van der Waals surface area contributed by atoms with E-state index in [1.807, 2.05) is 0 Å². The van der Waals surface area contributed by atoms with Crippen LogP contribution in [-0.2, 0) is 23.5 Å². The van der Waals surface area contributed by atoms with E-state index in [2.05, 4.69) is 55.4 Å². The normalized spacial score (nSPS) is 12.6. The second kappa shape index (κ2) is 34.6. The van der Waals surface area contributed by atoms with E-state index in [-0.39, 0.29) is 0 Å². The molecule has 0 heterocycles. The fourth-order valence-electron chi connectivity index (χ4n) is 2.31. The number of aliphatic hydroxyl groups is 1. The first-order valence-corrected chi connectivity index (χ1v) is 12.7. The molecule has 0 aromatic rings. The monoisotopic (exact) mass is 439 g/mol. The van der Waals surface area contributed by atoms with E-state index in [0.29, 0.717) is 24.4 Å². The Kier molecular flexibility index (Phi) is 44.0. The summed E-state index contributed by atoms with van der Waals surface area (Å²) in [7, 11) is 0. The summed E-state index contributed by atoms with van der Waals surface area (Å²) < 4.78 is 16.9. The fourth-order valence-corrected chi connectivity index (χ4v) is 2.31. The first kappa shape index (κ1) is 35.6. The molecule has 0 aromatic carbocycles. The van der Waals surface area contributed by atoms with Crippen LogP contribution in [0.25, 0.3) is 0 Å². The maximum absolute atomic E-state index is 8.75. The fraction of sp³-hybridized carbons (Fsp3) is 0.917. The molecule has 0 fully saturated rings. The van der Waals surface area contributed by atoms with Gasteiger partial charge in [-0.15, -0.1) is 0 Å². The minimum absolute atomic E-state index is 0.372. The Hall–Kier alpha value is 0.144. The number of unbranched alkanes of at least 4 members (excludes halogenated alkanes) is 3. The van der Waals surface area contributed by atoms with E-state index < -0.39 is 16.2 Å². The van der Waals surface area contributed by atoms with E-state index in [9.17, 15) is 0 Å². The van der Waals surface area contributed by atoms with Gasteiger partial charge in [-0.2, -0.15) is 11.8 Å². The average Bonchev–Trinajstić information content (AvgIpc) is 2.72. The van der Waals surface area contributed by atoms with Gasteiger partial charge in [-0.3, -0.25) is 0 Å². The van der Waals surface area contributed by atoms with Crippen molar-refractivity contribution in [1.29, 1.82) is 0 Å². The van der Waals surface area contributed by atoms with Gasteiger partial charge in [0.15, 0.2) is 0 Å². The molecule has 0 bridgehead atoms. The summed E-state index contributed by atoms with van der Waals surface area (Å²) in [4.78, 5) is 0. The number of aliphatic hydroxyl groups excluding tert-OH is 1. The average molecular weight is 440 g/mol. The van der Waals surface area contributed by atoms with Crippen LogP contribution < -0.4 is 0 Å². The number of rotatable bonds is 13. The van der Waals surface area contributed by atoms with Crippen molar-refractivity contribution in [2.75, 3.05) is 6.61 Å². The first-order valence-electron chi connectivity index (χ1n) is 11.6. The van der Waals surface area contributed by atoms with Gasteiger partial charge in [-0.05, 0) is 12.3 Å². The summed E-state index contributed by atoms with van der Waals surface area (Å²) in [6.45, 7) is 21.5. The van der Waals surface area contributed by atoms with Crippen molar-refractivity contribution < 1.29 is 28.6 Å². The summed E-state index contributed by atoms with van der Waals surface area (Å²) in [5.41, 5.74) is 0. The van der Waals surface area contributed by atoms with Gasteiger partial charge in [-0.25, -0.2) is 0 Å². The zero-order valence-electron chi connectivity index (χ0n) is 20.0. The van der Waals surface area contributed by atoms with Crippen LogP contribution in [0.15, 0.2) is 0 Å². The Labute approximate surface area is 185 Å². The zero-order valence-corrected chi connectivity index (χ0v) is 21.4. The summed E-state index contributed by atoms with van der Waals surface area (Å²) in [5, 5.41) is 8.75.